The molecule has 0 aliphatic rings. The largest absolute Gasteiger partial charge is 0.490 e. The Bertz CT molecular complexity index is 634. The van der Waals surface area contributed by atoms with E-state index in [2.05, 4.69) is 10.2 Å². The van der Waals surface area contributed by atoms with Crippen LogP contribution in [0.2, 0.25) is 10.0 Å². The average Bonchev–Trinajstić information content (AvgIpc) is 2.92. The highest BCUT2D eigenvalue weighted by molar-refractivity contribution is 8.03. The molecule has 10 heteroatoms. The van der Waals surface area contributed by atoms with Gasteiger partial charge in [0, 0.05) is 5.75 Å². The minimum Gasteiger partial charge on any atom is -0.490 e. The van der Waals surface area contributed by atoms with Crippen LogP contribution in [-0.4, -0.2) is 34.2 Å². The molecule has 0 saturated carbocycles. The second-order valence-electron chi connectivity index (χ2n) is 3.84. The number of primary amides is 1. The first-order valence-corrected chi connectivity index (χ1v) is 9.55. The minimum atomic E-state index is -0.376. The van der Waals surface area contributed by atoms with Crippen LogP contribution >= 0.6 is 58.1 Å². The lowest BCUT2D eigenvalue weighted by Crippen LogP contribution is -2.12. The molecular weight excluding hydrogens is 385 g/mol. The summed E-state index contributed by atoms with van der Waals surface area (Å²) in [6, 6.07) is 5.21. The zero-order valence-electron chi connectivity index (χ0n) is 11.1. The van der Waals surface area contributed by atoms with E-state index in [-0.39, 0.29) is 11.7 Å². The van der Waals surface area contributed by atoms with Gasteiger partial charge in [0.15, 0.2) is 14.4 Å². The molecule has 5 nitrogen and oxygen atoms in total. The number of aromatic nitrogens is 2. The standard InChI is InChI=1S/C12H11Cl2N3O2S3/c13-7-2-1-3-8(14)10(7)19-4-5-20-11-16-17-12(22-11)21-6-9(15)18/h1-3H,4-6H2,(H2,15,18). The lowest BCUT2D eigenvalue weighted by atomic mass is 10.3. The predicted octanol–water partition coefficient (Wildman–Crippen LogP) is 3.59. The number of rotatable bonds is 8. The second kappa shape index (κ2) is 8.83. The summed E-state index contributed by atoms with van der Waals surface area (Å²) >= 11 is 16.2. The van der Waals surface area contributed by atoms with Crippen molar-refractivity contribution in [2.45, 2.75) is 8.68 Å². The first-order chi connectivity index (χ1) is 10.6. The third-order valence-corrected chi connectivity index (χ3v) is 5.97. The number of thioether (sulfide) groups is 2. The highest BCUT2D eigenvalue weighted by Gasteiger charge is 2.09. The van der Waals surface area contributed by atoms with Crippen LogP contribution in [0.25, 0.3) is 0 Å². The Kier molecular flexibility index (Phi) is 7.10. The van der Waals surface area contributed by atoms with Crippen molar-refractivity contribution in [1.82, 2.24) is 10.2 Å². The van der Waals surface area contributed by atoms with Gasteiger partial charge < -0.3 is 10.5 Å². The molecule has 2 rings (SSSR count). The molecule has 0 fully saturated rings. The maximum atomic E-state index is 10.7. The van der Waals surface area contributed by atoms with E-state index in [1.807, 2.05) is 0 Å². The van der Waals surface area contributed by atoms with Gasteiger partial charge in [0.25, 0.3) is 0 Å². The molecule has 0 saturated heterocycles. The smallest absolute Gasteiger partial charge is 0.227 e. The van der Waals surface area contributed by atoms with Gasteiger partial charge >= 0.3 is 0 Å². The van der Waals surface area contributed by atoms with E-state index in [4.69, 9.17) is 33.7 Å². The van der Waals surface area contributed by atoms with Crippen LogP contribution in [-0.2, 0) is 4.79 Å². The van der Waals surface area contributed by atoms with Crippen molar-refractivity contribution in [1.29, 1.82) is 0 Å². The van der Waals surface area contributed by atoms with E-state index in [9.17, 15) is 4.79 Å². The van der Waals surface area contributed by atoms with Crippen molar-refractivity contribution < 1.29 is 9.53 Å². The Labute approximate surface area is 149 Å². The molecule has 0 aliphatic carbocycles. The van der Waals surface area contributed by atoms with Gasteiger partial charge in [-0.15, -0.1) is 10.2 Å². The first-order valence-electron chi connectivity index (χ1n) is 6.00. The molecule has 0 bridgehead atoms. The van der Waals surface area contributed by atoms with Crippen molar-refractivity contribution >= 4 is 64.0 Å². The summed E-state index contributed by atoms with van der Waals surface area (Å²) in [5, 5.41) is 8.97. The number of carbonyl (C=O) groups is 1. The molecule has 1 aromatic heterocycles. The molecule has 0 spiro atoms. The van der Waals surface area contributed by atoms with Gasteiger partial charge in [-0.1, -0.05) is 64.1 Å². The molecule has 1 aromatic carbocycles. The molecule has 2 aromatic rings. The second-order valence-corrected chi connectivity index (χ2v) is 8.19. The van der Waals surface area contributed by atoms with Crippen molar-refractivity contribution in [3.63, 3.8) is 0 Å². The van der Waals surface area contributed by atoms with Crippen LogP contribution in [0.1, 0.15) is 0 Å². The van der Waals surface area contributed by atoms with Gasteiger partial charge in [0.1, 0.15) is 0 Å². The predicted molar refractivity (Wildman–Crippen MR) is 92.5 cm³/mol. The quantitative estimate of drug-likeness (QED) is 0.543. The molecule has 118 valence electrons. The number of hydrogen-bond donors (Lipinski definition) is 1. The van der Waals surface area contributed by atoms with Crippen LogP contribution in [0.5, 0.6) is 5.75 Å². The van der Waals surface area contributed by atoms with Gasteiger partial charge in [-0.3, -0.25) is 4.79 Å². The van der Waals surface area contributed by atoms with Crippen molar-refractivity contribution in [3.8, 4) is 5.75 Å². The van der Waals surface area contributed by atoms with Gasteiger partial charge in [-0.25, -0.2) is 0 Å². The fourth-order valence-corrected chi connectivity index (χ4v) is 4.49. The van der Waals surface area contributed by atoms with Crippen molar-refractivity contribution in [2.24, 2.45) is 5.73 Å². The van der Waals surface area contributed by atoms with E-state index in [0.29, 0.717) is 28.2 Å². The van der Waals surface area contributed by atoms with Crippen LogP contribution in [0, 0.1) is 0 Å². The summed E-state index contributed by atoms with van der Waals surface area (Å²) < 4.78 is 7.11. The van der Waals surface area contributed by atoms with Gasteiger partial charge in [-0.05, 0) is 12.1 Å². The third kappa shape index (κ3) is 5.51. The zero-order valence-corrected chi connectivity index (χ0v) is 15.1. The molecule has 0 atom stereocenters. The number of carbonyl (C=O) groups excluding carboxylic acids is 1. The number of para-hydroxylation sites is 1. The molecule has 2 N–H and O–H groups in total. The van der Waals surface area contributed by atoms with Crippen molar-refractivity contribution in [3.05, 3.63) is 28.2 Å². The summed E-state index contributed by atoms with van der Waals surface area (Å²) in [7, 11) is 0. The Morgan fingerprint density at radius 2 is 1.86 bits per heavy atom. The topological polar surface area (TPSA) is 78.1 Å². The van der Waals surface area contributed by atoms with Gasteiger partial charge in [0.2, 0.25) is 5.91 Å². The summed E-state index contributed by atoms with van der Waals surface area (Å²) in [5.41, 5.74) is 5.08. The number of nitrogens with zero attached hydrogens (tertiary/aromatic N) is 2. The first kappa shape index (κ1) is 17.7. The number of halogens is 2. The molecule has 0 unspecified atom stereocenters. The number of hydrogen-bond acceptors (Lipinski definition) is 7. The van der Waals surface area contributed by atoms with Crippen LogP contribution < -0.4 is 10.5 Å². The summed E-state index contributed by atoms with van der Waals surface area (Å²) in [6.45, 7) is 0.442. The minimum absolute atomic E-state index is 0.202. The highest BCUT2D eigenvalue weighted by Crippen LogP contribution is 2.33. The maximum absolute atomic E-state index is 10.7. The molecule has 22 heavy (non-hydrogen) atoms. The summed E-state index contributed by atoms with van der Waals surface area (Å²) in [5.74, 6) is 0.991. The molecule has 0 radical (unpaired) electrons. The van der Waals surface area contributed by atoms with E-state index in [1.165, 1.54) is 34.9 Å². The Morgan fingerprint density at radius 3 is 2.50 bits per heavy atom. The SMILES string of the molecule is NC(=O)CSc1nnc(SCCOc2c(Cl)cccc2Cl)s1. The monoisotopic (exact) mass is 395 g/mol. The van der Waals surface area contributed by atoms with Crippen LogP contribution in [0.4, 0.5) is 0 Å². The fraction of sp³-hybridized carbons (Fsp3) is 0.250. The lowest BCUT2D eigenvalue weighted by Gasteiger charge is -2.08. The Morgan fingerprint density at radius 1 is 1.23 bits per heavy atom. The summed E-state index contributed by atoms with van der Waals surface area (Å²) in [6.07, 6.45) is 0. The van der Waals surface area contributed by atoms with Crippen LogP contribution in [0.15, 0.2) is 26.9 Å². The highest BCUT2D eigenvalue weighted by atomic mass is 35.5. The molecule has 1 amide bonds. The molecule has 1 heterocycles. The fourth-order valence-electron chi connectivity index (χ4n) is 1.34. The van der Waals surface area contributed by atoms with Crippen LogP contribution in [0.3, 0.4) is 0 Å². The Hall–Kier alpha value is -0.670. The molecule has 0 aliphatic heterocycles. The molecular formula is C12H11Cl2N3O2S3. The average molecular weight is 396 g/mol. The Balaban J connectivity index is 1.76. The van der Waals surface area contributed by atoms with Gasteiger partial charge in [-0.2, -0.15) is 0 Å². The zero-order chi connectivity index (χ0) is 15.9. The number of amides is 1. The van der Waals surface area contributed by atoms with E-state index >= 15 is 0 Å². The van der Waals surface area contributed by atoms with E-state index in [0.717, 1.165) is 8.68 Å². The van der Waals surface area contributed by atoms with Gasteiger partial charge in [0.05, 0.1) is 22.4 Å². The lowest BCUT2D eigenvalue weighted by molar-refractivity contribution is -0.115. The van der Waals surface area contributed by atoms with E-state index < -0.39 is 0 Å². The third-order valence-electron chi connectivity index (χ3n) is 2.20. The van der Waals surface area contributed by atoms with E-state index in [1.54, 1.807) is 18.2 Å². The number of benzene rings is 1. The maximum Gasteiger partial charge on any atom is 0.227 e. The number of ether oxygens (including phenoxy) is 1. The van der Waals surface area contributed by atoms with Crippen molar-refractivity contribution in [2.75, 3.05) is 18.1 Å². The number of nitrogens with two attached hydrogens (primary N) is 1. The normalized spacial score (nSPS) is 10.6. The summed E-state index contributed by atoms with van der Waals surface area (Å²) in [4.78, 5) is 10.7.